The van der Waals surface area contributed by atoms with E-state index in [1.54, 1.807) is 0 Å². The van der Waals surface area contributed by atoms with Crippen molar-refractivity contribution in [1.82, 2.24) is 15.1 Å². The predicted molar refractivity (Wildman–Crippen MR) is 169 cm³/mol. The van der Waals surface area contributed by atoms with Crippen LogP contribution in [-0.4, -0.2) is 73.8 Å². The Hall–Kier alpha value is -2.47. The van der Waals surface area contributed by atoms with Gasteiger partial charge in [0.2, 0.25) is 0 Å². The molecule has 1 aromatic rings. The normalized spacial score (nSPS) is 24.9. The lowest BCUT2D eigenvalue weighted by atomic mass is 9.70. The van der Waals surface area contributed by atoms with E-state index in [0.29, 0.717) is 11.8 Å². The van der Waals surface area contributed by atoms with Gasteiger partial charge >= 0.3 is 6.03 Å². The van der Waals surface area contributed by atoms with Gasteiger partial charge in [-0.05, 0) is 99.7 Å². The zero-order chi connectivity index (χ0) is 29.0. The quantitative estimate of drug-likeness (QED) is 0.378. The monoisotopic (exact) mass is 562 g/mol. The zero-order valence-electron chi connectivity index (χ0n) is 26.4. The summed E-state index contributed by atoms with van der Waals surface area (Å²) >= 11 is 0. The summed E-state index contributed by atoms with van der Waals surface area (Å²) in [4.78, 5) is 21.1. The number of urea groups is 1. The van der Waals surface area contributed by atoms with Gasteiger partial charge in [0, 0.05) is 37.9 Å². The number of piperidine rings is 1. The van der Waals surface area contributed by atoms with Gasteiger partial charge in [0.25, 0.3) is 0 Å². The maximum atomic E-state index is 13.9. The van der Waals surface area contributed by atoms with E-state index in [-0.39, 0.29) is 11.6 Å². The number of amides is 2. The second-order valence-electron chi connectivity index (χ2n) is 13.0. The highest BCUT2D eigenvalue weighted by Crippen LogP contribution is 2.42. The molecule has 1 aromatic carbocycles. The number of allylic oxidation sites excluding steroid dienone is 1. The average molecular weight is 563 g/mol. The van der Waals surface area contributed by atoms with Crippen LogP contribution in [-0.2, 0) is 4.74 Å². The van der Waals surface area contributed by atoms with E-state index >= 15 is 0 Å². The number of nitrogens with one attached hydrogen (secondary N) is 1. The second-order valence-corrected chi connectivity index (χ2v) is 13.0. The van der Waals surface area contributed by atoms with Crippen LogP contribution < -0.4 is 10.2 Å². The average Bonchev–Trinajstić information content (AvgIpc) is 3.55. The van der Waals surface area contributed by atoms with E-state index in [0.717, 1.165) is 57.2 Å². The predicted octanol–water partition coefficient (Wildman–Crippen LogP) is 6.83. The van der Waals surface area contributed by atoms with Crippen LogP contribution in [0.15, 0.2) is 41.7 Å². The highest BCUT2D eigenvalue weighted by Gasteiger charge is 2.43. The molecular weight excluding hydrogens is 508 g/mol. The van der Waals surface area contributed by atoms with Gasteiger partial charge in [0.05, 0.1) is 12.6 Å². The fourth-order valence-electron chi connectivity index (χ4n) is 8.21. The summed E-state index contributed by atoms with van der Waals surface area (Å²) in [5, 5.41) is 3.63. The summed E-state index contributed by atoms with van der Waals surface area (Å²) in [6.45, 7) is 14.5. The van der Waals surface area contributed by atoms with E-state index in [1.807, 2.05) is 12.0 Å². The summed E-state index contributed by atoms with van der Waals surface area (Å²) < 4.78 is 5.97. The van der Waals surface area contributed by atoms with Crippen LogP contribution in [0.5, 0.6) is 0 Å². The summed E-state index contributed by atoms with van der Waals surface area (Å²) in [6.07, 6.45) is 15.3. The van der Waals surface area contributed by atoms with Crippen LogP contribution in [0.25, 0.3) is 0 Å². The van der Waals surface area contributed by atoms with Gasteiger partial charge in [-0.1, -0.05) is 57.7 Å². The first-order valence-electron chi connectivity index (χ1n) is 16.5. The Bertz CT molecular complexity index is 1100. The second kappa shape index (κ2) is 13.2. The number of rotatable bonds is 8. The number of likely N-dealkylation sites (tertiary alicyclic amines) is 1. The number of aryl methyl sites for hydroxylation is 1. The lowest BCUT2D eigenvalue weighted by Crippen LogP contribution is -2.60. The molecule has 3 fully saturated rings. The number of nitrogens with zero attached hydrogens (tertiary/aromatic N) is 3. The molecule has 226 valence electrons. The van der Waals surface area contributed by atoms with Crippen LogP contribution in [0.3, 0.4) is 0 Å². The number of hydrogen-bond donors (Lipinski definition) is 1. The first-order chi connectivity index (χ1) is 19.9. The van der Waals surface area contributed by atoms with Gasteiger partial charge in [-0.15, -0.1) is 0 Å². The van der Waals surface area contributed by atoms with E-state index in [4.69, 9.17) is 4.74 Å². The summed E-state index contributed by atoms with van der Waals surface area (Å²) in [5.41, 5.74) is 5.02. The minimum atomic E-state index is -0.370. The Labute approximate surface area is 249 Å². The molecule has 2 aliphatic carbocycles. The number of carbonyl (C=O) groups excluding carboxylic acids is 1. The van der Waals surface area contributed by atoms with Gasteiger partial charge in [0.1, 0.15) is 5.76 Å². The Kier molecular flexibility index (Phi) is 9.68. The molecule has 2 saturated heterocycles. The molecule has 41 heavy (non-hydrogen) atoms. The molecule has 5 rings (SSSR count). The van der Waals surface area contributed by atoms with Gasteiger partial charge in [0.15, 0.2) is 0 Å². The third-order valence-corrected chi connectivity index (χ3v) is 11.0. The Morgan fingerprint density at radius 2 is 1.68 bits per heavy atom. The molecule has 0 radical (unpaired) electrons. The van der Waals surface area contributed by atoms with Crippen molar-refractivity contribution in [3.05, 3.63) is 52.8 Å². The topological polar surface area (TPSA) is 48.1 Å². The first kappa shape index (κ1) is 30.0. The molecule has 0 bridgehead atoms. The number of piperazine rings is 1. The smallest absolute Gasteiger partial charge is 0.318 e. The van der Waals surface area contributed by atoms with Crippen molar-refractivity contribution >= 4 is 11.7 Å². The molecule has 1 N–H and O–H groups in total. The third-order valence-electron chi connectivity index (χ3n) is 11.0. The van der Waals surface area contributed by atoms with E-state index in [9.17, 15) is 4.79 Å². The standard InChI is InChI=1S/C35H54N4O2/c1-6-29(7-2)35(36-34(40)39-23-21-38(22-24-39)32-14-10-11-26(3)27(32)4)18-15-33(41-5)31(25-35)28-16-19-37(20-17-28)30-12-8-9-13-30/h10-11,14-15,18,28-30H,6-9,12-13,16-17,19-25H2,1-5H3,(H,36,40). The molecule has 2 aliphatic heterocycles. The Morgan fingerprint density at radius 1 is 1.00 bits per heavy atom. The van der Waals surface area contributed by atoms with E-state index in [2.05, 4.69) is 73.2 Å². The molecule has 0 spiro atoms. The highest BCUT2D eigenvalue weighted by atomic mass is 16.5. The van der Waals surface area contributed by atoms with Crippen molar-refractivity contribution in [2.24, 2.45) is 11.8 Å². The van der Waals surface area contributed by atoms with Crippen molar-refractivity contribution in [3.63, 3.8) is 0 Å². The highest BCUT2D eigenvalue weighted by molar-refractivity contribution is 5.76. The molecule has 1 saturated carbocycles. The largest absolute Gasteiger partial charge is 0.497 e. The number of benzene rings is 1. The molecule has 0 aromatic heterocycles. The SMILES string of the molecule is CCC(CC)C1(NC(=O)N2CCN(c3cccc(C)c3C)CC2)C=CC(OC)=C(C2CCN(C3CCCC3)CC2)C1. The Morgan fingerprint density at radius 3 is 2.32 bits per heavy atom. The van der Waals surface area contributed by atoms with Gasteiger partial charge in [-0.25, -0.2) is 4.79 Å². The van der Waals surface area contributed by atoms with Crippen molar-refractivity contribution in [2.75, 3.05) is 51.3 Å². The Balaban J connectivity index is 1.28. The van der Waals surface area contributed by atoms with E-state index in [1.165, 1.54) is 74.0 Å². The number of carbonyl (C=O) groups is 1. The molecule has 1 atom stereocenters. The molecular formula is C35H54N4O2. The van der Waals surface area contributed by atoms with Crippen LogP contribution in [0.1, 0.15) is 82.8 Å². The fourth-order valence-corrected chi connectivity index (χ4v) is 8.21. The van der Waals surface area contributed by atoms with Gasteiger partial charge in [-0.2, -0.15) is 0 Å². The molecule has 4 aliphatic rings. The molecule has 6 heteroatoms. The van der Waals surface area contributed by atoms with Gasteiger partial charge in [-0.3, -0.25) is 0 Å². The summed E-state index contributed by atoms with van der Waals surface area (Å²) in [7, 11) is 1.81. The molecule has 2 heterocycles. The molecule has 1 unspecified atom stereocenters. The third kappa shape index (κ3) is 6.33. The van der Waals surface area contributed by atoms with Crippen molar-refractivity contribution < 1.29 is 9.53 Å². The molecule has 6 nitrogen and oxygen atoms in total. The van der Waals surface area contributed by atoms with E-state index < -0.39 is 0 Å². The number of ether oxygens (including phenoxy) is 1. The number of methoxy groups -OCH3 is 1. The fraction of sp³-hybridized carbons (Fsp3) is 0.686. The number of anilines is 1. The minimum Gasteiger partial charge on any atom is -0.497 e. The lowest BCUT2D eigenvalue weighted by Gasteiger charge is -2.46. The van der Waals surface area contributed by atoms with Crippen molar-refractivity contribution in [3.8, 4) is 0 Å². The summed E-state index contributed by atoms with van der Waals surface area (Å²) in [5.74, 6) is 1.94. The maximum absolute atomic E-state index is 13.9. The van der Waals surface area contributed by atoms with Gasteiger partial charge < -0.3 is 24.8 Å². The van der Waals surface area contributed by atoms with Crippen LogP contribution in [0.4, 0.5) is 10.5 Å². The molecule has 2 amide bonds. The van der Waals surface area contributed by atoms with Crippen LogP contribution >= 0.6 is 0 Å². The first-order valence-corrected chi connectivity index (χ1v) is 16.5. The lowest BCUT2D eigenvalue weighted by molar-refractivity contribution is 0.134. The number of hydrogen-bond acceptors (Lipinski definition) is 4. The van der Waals surface area contributed by atoms with Crippen LogP contribution in [0, 0.1) is 25.7 Å². The minimum absolute atomic E-state index is 0.0819. The van der Waals surface area contributed by atoms with Crippen LogP contribution in [0.2, 0.25) is 0 Å². The maximum Gasteiger partial charge on any atom is 0.318 e. The van der Waals surface area contributed by atoms with Crippen molar-refractivity contribution in [1.29, 1.82) is 0 Å². The van der Waals surface area contributed by atoms with Crippen molar-refractivity contribution in [2.45, 2.75) is 97.1 Å². The summed E-state index contributed by atoms with van der Waals surface area (Å²) in [6, 6.07) is 7.42. The zero-order valence-corrected chi connectivity index (χ0v) is 26.4.